The SMILES string of the molecule is O=C1O[C@H](c2ccccc2)[C@H](c2ccccc2)N2[C@H]1[C@@H](C(=O)NCCc1ccccn1)[C@]1(C(=O)Nc3ccc(C#CC4=CCCCC4)cc31)[C@H]2c1cccc(OCCO)c1. The van der Waals surface area contributed by atoms with E-state index in [0.29, 0.717) is 34.5 Å². The zero-order chi connectivity index (χ0) is 41.1. The van der Waals surface area contributed by atoms with Gasteiger partial charge in [-0.2, -0.15) is 0 Å². The summed E-state index contributed by atoms with van der Waals surface area (Å²) in [7, 11) is 0. The summed E-state index contributed by atoms with van der Waals surface area (Å²) in [5.74, 6) is 4.51. The van der Waals surface area contributed by atoms with Crippen LogP contribution in [0.3, 0.4) is 0 Å². The van der Waals surface area contributed by atoms with E-state index in [1.165, 1.54) is 0 Å². The van der Waals surface area contributed by atoms with Gasteiger partial charge in [-0.05, 0) is 96.0 Å². The second-order valence-corrected chi connectivity index (χ2v) is 15.7. The molecule has 1 spiro atoms. The molecule has 302 valence electrons. The molecule has 0 saturated carbocycles. The summed E-state index contributed by atoms with van der Waals surface area (Å²) in [5, 5.41) is 16.0. The average Bonchev–Trinajstić information content (AvgIpc) is 3.77. The third-order valence-electron chi connectivity index (χ3n) is 12.2. The first-order valence-corrected chi connectivity index (χ1v) is 20.7. The van der Waals surface area contributed by atoms with Gasteiger partial charge in [-0.3, -0.25) is 24.3 Å². The maximum Gasteiger partial charge on any atom is 0.324 e. The van der Waals surface area contributed by atoms with Crippen molar-refractivity contribution < 1.29 is 29.0 Å². The van der Waals surface area contributed by atoms with Gasteiger partial charge < -0.3 is 25.2 Å². The minimum Gasteiger partial charge on any atom is -0.491 e. The molecule has 0 unspecified atom stereocenters. The number of nitrogens with one attached hydrogen (secondary N) is 2. The first kappa shape index (κ1) is 38.9. The van der Waals surface area contributed by atoms with Crippen molar-refractivity contribution in [3.8, 4) is 17.6 Å². The number of anilines is 1. The van der Waals surface area contributed by atoms with Crippen molar-refractivity contribution in [1.82, 2.24) is 15.2 Å². The number of amides is 2. The molecule has 10 heteroatoms. The van der Waals surface area contributed by atoms with Crippen LogP contribution in [-0.2, 0) is 31.0 Å². The second kappa shape index (κ2) is 17.0. The second-order valence-electron chi connectivity index (χ2n) is 15.7. The Hall–Kier alpha value is -6.54. The highest BCUT2D eigenvalue weighted by atomic mass is 16.6. The van der Waals surface area contributed by atoms with Gasteiger partial charge in [-0.1, -0.05) is 96.8 Å². The quantitative estimate of drug-likeness (QED) is 0.103. The van der Waals surface area contributed by atoms with Gasteiger partial charge in [-0.15, -0.1) is 0 Å². The summed E-state index contributed by atoms with van der Waals surface area (Å²) in [6.45, 7) is 0.0939. The first-order valence-electron chi connectivity index (χ1n) is 20.7. The molecule has 6 atom stereocenters. The number of carbonyl (C=O) groups excluding carboxylic acids is 3. The van der Waals surface area contributed by atoms with E-state index in [2.05, 4.69) is 38.4 Å². The van der Waals surface area contributed by atoms with E-state index in [4.69, 9.17) is 9.47 Å². The van der Waals surface area contributed by atoms with Crippen LogP contribution in [0.5, 0.6) is 5.75 Å². The van der Waals surface area contributed by atoms with E-state index in [1.54, 1.807) is 12.3 Å². The van der Waals surface area contributed by atoms with Gasteiger partial charge in [0.15, 0.2) is 0 Å². The number of cyclic esters (lactones) is 1. The number of fused-ring (bicyclic) bond motifs is 3. The summed E-state index contributed by atoms with van der Waals surface area (Å²) in [5.41, 5.74) is 4.34. The number of nitrogens with zero attached hydrogens (tertiary/aromatic N) is 2. The van der Waals surface area contributed by atoms with Crippen LogP contribution in [0.15, 0.2) is 139 Å². The summed E-state index contributed by atoms with van der Waals surface area (Å²) >= 11 is 0. The molecule has 3 N–H and O–H groups in total. The molecule has 0 bridgehead atoms. The molecule has 2 saturated heterocycles. The number of allylic oxidation sites excluding steroid dienone is 2. The minimum absolute atomic E-state index is 0.0593. The van der Waals surface area contributed by atoms with Crippen LogP contribution in [0.1, 0.15) is 77.4 Å². The standard InChI is InChI=1S/C50H46N4O6/c55-29-30-59-39-21-12-19-37(32-39)46-50(40-31-34(24-25-41(40)53-49(50)58)23-22-33-13-4-1-5-14-33)42(47(56)52-28-26-38-20-10-11-27-51-38)44-48(57)60-45(36-17-8-3-9-18-36)43(54(44)46)35-15-6-2-7-16-35/h2-3,6-13,15-21,24-25,27,31-32,42-46,55H,1,4-5,14,26,28-30H2,(H,52,56)(H,53,58)/t42-,43-,44-,45+,46+,50-/m0/s1. The van der Waals surface area contributed by atoms with Gasteiger partial charge in [0.2, 0.25) is 11.8 Å². The molecular weight excluding hydrogens is 753 g/mol. The highest BCUT2D eigenvalue weighted by Crippen LogP contribution is 2.65. The van der Waals surface area contributed by atoms with Gasteiger partial charge >= 0.3 is 5.97 Å². The number of morpholine rings is 1. The lowest BCUT2D eigenvalue weighted by molar-refractivity contribution is -0.178. The number of hydrogen-bond donors (Lipinski definition) is 3. The molecule has 4 aromatic carbocycles. The van der Waals surface area contributed by atoms with Crippen molar-refractivity contribution in [2.24, 2.45) is 5.92 Å². The van der Waals surface area contributed by atoms with Crippen molar-refractivity contribution in [3.63, 3.8) is 0 Å². The number of aliphatic hydroxyl groups excluding tert-OH is 1. The number of carbonyl (C=O) groups is 3. The van der Waals surface area contributed by atoms with Crippen LogP contribution in [0, 0.1) is 17.8 Å². The lowest BCUT2D eigenvalue weighted by Gasteiger charge is -2.46. The van der Waals surface area contributed by atoms with Crippen molar-refractivity contribution in [2.45, 2.75) is 61.7 Å². The molecule has 3 aliphatic heterocycles. The molecule has 4 heterocycles. The lowest BCUT2D eigenvalue weighted by atomic mass is 9.65. The Balaban J connectivity index is 1.28. The van der Waals surface area contributed by atoms with E-state index >= 15 is 14.4 Å². The molecule has 60 heavy (non-hydrogen) atoms. The Bertz CT molecular complexity index is 2480. The summed E-state index contributed by atoms with van der Waals surface area (Å²) in [6, 6.07) is 35.4. The molecule has 0 radical (unpaired) electrons. The molecule has 9 rings (SSSR count). The fourth-order valence-corrected chi connectivity index (χ4v) is 9.68. The Morgan fingerprint density at radius 3 is 2.42 bits per heavy atom. The van der Waals surface area contributed by atoms with Crippen LogP contribution in [0.4, 0.5) is 5.69 Å². The molecule has 10 nitrogen and oxygen atoms in total. The molecule has 1 aliphatic carbocycles. The number of esters is 1. The summed E-state index contributed by atoms with van der Waals surface area (Å²) in [6.07, 6.45) is 7.70. The smallest absolute Gasteiger partial charge is 0.324 e. The molecule has 5 aromatic rings. The first-order chi connectivity index (χ1) is 29.5. The number of aromatic nitrogens is 1. The maximum absolute atomic E-state index is 15.5. The largest absolute Gasteiger partial charge is 0.491 e. The van der Waals surface area contributed by atoms with Crippen LogP contribution in [-0.4, -0.2) is 58.6 Å². The number of pyridine rings is 1. The van der Waals surface area contributed by atoms with Gasteiger partial charge in [0, 0.05) is 36.1 Å². The van der Waals surface area contributed by atoms with Gasteiger partial charge in [-0.25, -0.2) is 0 Å². The van der Waals surface area contributed by atoms with E-state index in [1.807, 2.05) is 115 Å². The number of benzene rings is 4. The maximum atomic E-state index is 15.5. The lowest BCUT2D eigenvalue weighted by Crippen LogP contribution is -2.55. The fraction of sp³-hybridized carbons (Fsp3) is 0.280. The predicted octanol–water partition coefficient (Wildman–Crippen LogP) is 6.93. The number of ether oxygens (including phenoxy) is 2. The van der Waals surface area contributed by atoms with Crippen molar-refractivity contribution >= 4 is 23.5 Å². The van der Waals surface area contributed by atoms with Gasteiger partial charge in [0.05, 0.1) is 24.6 Å². The highest BCUT2D eigenvalue weighted by molar-refractivity contribution is 6.12. The van der Waals surface area contributed by atoms with Crippen molar-refractivity contribution in [2.75, 3.05) is 25.1 Å². The monoisotopic (exact) mass is 798 g/mol. The van der Waals surface area contributed by atoms with Crippen molar-refractivity contribution in [1.29, 1.82) is 0 Å². The normalized spacial score (nSPS) is 24.3. The van der Waals surface area contributed by atoms with E-state index in [-0.39, 0.29) is 19.8 Å². The summed E-state index contributed by atoms with van der Waals surface area (Å²) in [4.78, 5) is 52.4. The van der Waals surface area contributed by atoms with Crippen LogP contribution < -0.4 is 15.4 Å². The fourth-order valence-electron chi connectivity index (χ4n) is 9.68. The van der Waals surface area contributed by atoms with Crippen LogP contribution in [0.25, 0.3) is 0 Å². The Morgan fingerprint density at radius 2 is 1.67 bits per heavy atom. The van der Waals surface area contributed by atoms with Crippen LogP contribution >= 0.6 is 0 Å². The third-order valence-corrected chi connectivity index (χ3v) is 12.2. The van der Waals surface area contributed by atoms with Gasteiger partial charge in [0.25, 0.3) is 0 Å². The highest BCUT2D eigenvalue weighted by Gasteiger charge is 2.74. The molecule has 2 fully saturated rings. The number of aliphatic hydroxyl groups is 1. The third kappa shape index (κ3) is 7.14. The van der Waals surface area contributed by atoms with E-state index in [0.717, 1.165) is 48.1 Å². The minimum atomic E-state index is -1.66. The number of rotatable bonds is 10. The van der Waals surface area contributed by atoms with Crippen molar-refractivity contribution in [3.05, 3.63) is 173 Å². The Labute approximate surface area is 349 Å². The average molecular weight is 799 g/mol. The Morgan fingerprint density at radius 1 is 0.883 bits per heavy atom. The summed E-state index contributed by atoms with van der Waals surface area (Å²) < 4.78 is 12.5. The van der Waals surface area contributed by atoms with Crippen LogP contribution in [0.2, 0.25) is 0 Å². The molecule has 2 amide bonds. The van der Waals surface area contributed by atoms with E-state index in [9.17, 15) is 5.11 Å². The predicted molar refractivity (Wildman–Crippen MR) is 226 cm³/mol. The van der Waals surface area contributed by atoms with Gasteiger partial charge in [0.1, 0.15) is 29.9 Å². The van der Waals surface area contributed by atoms with E-state index < -0.39 is 53.3 Å². The molecular formula is C50H46N4O6. The number of hydrogen-bond acceptors (Lipinski definition) is 8. The zero-order valence-corrected chi connectivity index (χ0v) is 33.1. The molecule has 1 aromatic heterocycles. The Kier molecular flexibility index (Phi) is 11.0. The topological polar surface area (TPSA) is 130 Å². The zero-order valence-electron chi connectivity index (χ0n) is 33.1. The molecule has 4 aliphatic rings.